The molecule has 2 N–H and O–H groups in total. The van der Waals surface area contributed by atoms with E-state index < -0.39 is 0 Å². The molecule has 0 bridgehead atoms. The minimum atomic E-state index is -0.0924. The Bertz CT molecular complexity index is 160. The van der Waals surface area contributed by atoms with E-state index in [-0.39, 0.29) is 11.8 Å². The fourth-order valence-electron chi connectivity index (χ4n) is 1.19. The van der Waals surface area contributed by atoms with E-state index in [1.807, 2.05) is 0 Å². The number of carbonyl (C=O) groups is 2. The van der Waals surface area contributed by atoms with Crippen LogP contribution in [0, 0.1) is 0 Å². The first kappa shape index (κ1) is 9.03. The number of amides is 2. The lowest BCUT2D eigenvalue weighted by molar-refractivity contribution is -0.129. The zero-order valence-corrected chi connectivity index (χ0v) is 7.06. The maximum atomic E-state index is 10.9. The molecule has 0 spiro atoms. The van der Waals surface area contributed by atoms with Crippen LogP contribution in [0.5, 0.6) is 0 Å². The van der Waals surface area contributed by atoms with Crippen molar-refractivity contribution in [2.24, 2.45) is 0 Å². The molecule has 2 amide bonds. The van der Waals surface area contributed by atoms with Gasteiger partial charge in [0.1, 0.15) is 0 Å². The van der Waals surface area contributed by atoms with Crippen molar-refractivity contribution in [3.63, 3.8) is 0 Å². The summed E-state index contributed by atoms with van der Waals surface area (Å²) in [6.07, 6.45) is 4.95. The second kappa shape index (κ2) is 4.74. The molecule has 1 heterocycles. The quantitative estimate of drug-likeness (QED) is 0.555. The van der Waals surface area contributed by atoms with Crippen molar-refractivity contribution in [3.8, 4) is 0 Å². The lowest BCUT2D eigenvalue weighted by Gasteiger charge is -2.09. The normalized spacial score (nSPS) is 21.0. The van der Waals surface area contributed by atoms with Gasteiger partial charge in [-0.2, -0.15) is 0 Å². The van der Waals surface area contributed by atoms with Gasteiger partial charge in [-0.1, -0.05) is 12.8 Å². The van der Waals surface area contributed by atoms with Crippen molar-refractivity contribution in [2.45, 2.75) is 38.5 Å². The molecule has 0 aromatic carbocycles. The maximum Gasteiger partial charge on any atom is 0.238 e. The van der Waals surface area contributed by atoms with Gasteiger partial charge in [0.25, 0.3) is 0 Å². The molecule has 0 unspecified atom stereocenters. The summed E-state index contributed by atoms with van der Waals surface area (Å²) in [5.74, 6) is -0.185. The van der Waals surface area contributed by atoms with Crippen LogP contribution in [-0.2, 0) is 9.59 Å². The first-order chi connectivity index (χ1) is 5.79. The molecule has 4 heteroatoms. The van der Waals surface area contributed by atoms with Crippen LogP contribution in [0.2, 0.25) is 0 Å². The standard InChI is InChI=1S/C8H14N2O2/c11-7-5-3-1-2-4-6-8(12)10-9-7/h1-6H2,(H,9,11)(H,10,12). The van der Waals surface area contributed by atoms with Gasteiger partial charge in [-0.25, -0.2) is 0 Å². The minimum absolute atomic E-state index is 0.0924. The van der Waals surface area contributed by atoms with Crippen molar-refractivity contribution in [2.75, 3.05) is 0 Å². The van der Waals surface area contributed by atoms with Crippen LogP contribution in [0.15, 0.2) is 0 Å². The Labute approximate surface area is 71.7 Å². The van der Waals surface area contributed by atoms with Crippen LogP contribution < -0.4 is 10.9 Å². The monoisotopic (exact) mass is 170 g/mol. The summed E-state index contributed by atoms with van der Waals surface area (Å²) in [6.45, 7) is 0. The van der Waals surface area contributed by atoms with E-state index in [0.29, 0.717) is 12.8 Å². The Balaban J connectivity index is 2.32. The predicted octanol–water partition coefficient (Wildman–Crippen LogP) is 0.488. The average Bonchev–Trinajstić information content (AvgIpc) is 2.07. The van der Waals surface area contributed by atoms with E-state index in [2.05, 4.69) is 10.9 Å². The number of nitrogens with one attached hydrogen (secondary N) is 2. The van der Waals surface area contributed by atoms with Gasteiger partial charge in [0.2, 0.25) is 11.8 Å². The van der Waals surface area contributed by atoms with Gasteiger partial charge < -0.3 is 0 Å². The van der Waals surface area contributed by atoms with Crippen LogP contribution in [0.3, 0.4) is 0 Å². The molecule has 12 heavy (non-hydrogen) atoms. The molecule has 1 aliphatic heterocycles. The molecule has 0 aromatic heterocycles. The van der Waals surface area contributed by atoms with Crippen LogP contribution in [0.4, 0.5) is 0 Å². The van der Waals surface area contributed by atoms with Crippen molar-refractivity contribution >= 4 is 11.8 Å². The molecule has 1 fully saturated rings. The maximum absolute atomic E-state index is 10.9. The molecular weight excluding hydrogens is 156 g/mol. The van der Waals surface area contributed by atoms with Gasteiger partial charge in [0, 0.05) is 12.8 Å². The van der Waals surface area contributed by atoms with Crippen molar-refractivity contribution in [3.05, 3.63) is 0 Å². The highest BCUT2D eigenvalue weighted by Crippen LogP contribution is 2.06. The number of hydrogen-bond donors (Lipinski definition) is 2. The largest absolute Gasteiger partial charge is 0.273 e. The number of rotatable bonds is 0. The summed E-state index contributed by atoms with van der Waals surface area (Å²) < 4.78 is 0. The molecule has 1 saturated heterocycles. The summed E-state index contributed by atoms with van der Waals surface area (Å²) in [4.78, 5) is 21.8. The molecular formula is C8H14N2O2. The summed E-state index contributed by atoms with van der Waals surface area (Å²) >= 11 is 0. The highest BCUT2D eigenvalue weighted by atomic mass is 16.2. The zero-order chi connectivity index (χ0) is 8.81. The van der Waals surface area contributed by atoms with Gasteiger partial charge in [-0.3, -0.25) is 20.4 Å². The molecule has 1 aliphatic rings. The Morgan fingerprint density at radius 1 is 0.750 bits per heavy atom. The topological polar surface area (TPSA) is 58.2 Å². The Morgan fingerprint density at radius 3 is 1.58 bits per heavy atom. The lowest BCUT2D eigenvalue weighted by atomic mass is 10.1. The van der Waals surface area contributed by atoms with Crippen LogP contribution in [-0.4, -0.2) is 11.8 Å². The molecule has 0 aromatic rings. The second-order valence-corrected chi connectivity index (χ2v) is 3.01. The Hall–Kier alpha value is -1.06. The Morgan fingerprint density at radius 2 is 1.17 bits per heavy atom. The summed E-state index contributed by atoms with van der Waals surface area (Å²) in [5, 5.41) is 0. The molecule has 0 aliphatic carbocycles. The summed E-state index contributed by atoms with van der Waals surface area (Å²) in [6, 6.07) is 0. The number of carbonyl (C=O) groups excluding carboxylic acids is 2. The van der Waals surface area contributed by atoms with Gasteiger partial charge >= 0.3 is 0 Å². The number of hydrazine groups is 1. The average molecular weight is 170 g/mol. The molecule has 0 radical (unpaired) electrons. The second-order valence-electron chi connectivity index (χ2n) is 3.01. The van der Waals surface area contributed by atoms with Crippen LogP contribution >= 0.6 is 0 Å². The minimum Gasteiger partial charge on any atom is -0.273 e. The first-order valence-electron chi connectivity index (χ1n) is 4.37. The van der Waals surface area contributed by atoms with Crippen molar-refractivity contribution in [1.82, 2.24) is 10.9 Å². The molecule has 0 saturated carbocycles. The zero-order valence-electron chi connectivity index (χ0n) is 7.06. The van der Waals surface area contributed by atoms with Crippen molar-refractivity contribution < 1.29 is 9.59 Å². The highest BCUT2D eigenvalue weighted by Gasteiger charge is 2.06. The molecule has 0 atom stereocenters. The van der Waals surface area contributed by atoms with E-state index in [4.69, 9.17) is 0 Å². The Kier molecular flexibility index (Phi) is 3.57. The SMILES string of the molecule is O=C1CCCCCCC(=O)NN1. The third-order valence-corrected chi connectivity index (χ3v) is 1.90. The molecule has 1 rings (SSSR count). The highest BCUT2D eigenvalue weighted by molar-refractivity contribution is 5.81. The van der Waals surface area contributed by atoms with Gasteiger partial charge in [-0.05, 0) is 12.8 Å². The van der Waals surface area contributed by atoms with Gasteiger partial charge in [-0.15, -0.1) is 0 Å². The van der Waals surface area contributed by atoms with E-state index in [0.717, 1.165) is 25.7 Å². The van der Waals surface area contributed by atoms with E-state index in [9.17, 15) is 9.59 Å². The summed E-state index contributed by atoms with van der Waals surface area (Å²) in [7, 11) is 0. The van der Waals surface area contributed by atoms with E-state index in [1.165, 1.54) is 0 Å². The molecule has 4 nitrogen and oxygen atoms in total. The first-order valence-corrected chi connectivity index (χ1v) is 4.37. The molecule has 68 valence electrons. The van der Waals surface area contributed by atoms with E-state index in [1.54, 1.807) is 0 Å². The number of hydrogen-bond acceptors (Lipinski definition) is 2. The van der Waals surface area contributed by atoms with E-state index >= 15 is 0 Å². The van der Waals surface area contributed by atoms with Crippen molar-refractivity contribution in [1.29, 1.82) is 0 Å². The van der Waals surface area contributed by atoms with Gasteiger partial charge in [0.15, 0.2) is 0 Å². The lowest BCUT2D eigenvalue weighted by Crippen LogP contribution is -2.41. The van der Waals surface area contributed by atoms with Gasteiger partial charge in [0.05, 0.1) is 0 Å². The fourth-order valence-corrected chi connectivity index (χ4v) is 1.19. The van der Waals surface area contributed by atoms with Crippen LogP contribution in [0.25, 0.3) is 0 Å². The van der Waals surface area contributed by atoms with Crippen LogP contribution in [0.1, 0.15) is 38.5 Å². The smallest absolute Gasteiger partial charge is 0.238 e. The third-order valence-electron chi connectivity index (χ3n) is 1.90. The third kappa shape index (κ3) is 3.37. The summed E-state index contributed by atoms with van der Waals surface area (Å²) in [5.41, 5.74) is 4.73. The fraction of sp³-hybridized carbons (Fsp3) is 0.750. The predicted molar refractivity (Wildman–Crippen MR) is 44.0 cm³/mol.